The van der Waals surface area contributed by atoms with Crippen LogP contribution in [0.5, 0.6) is 5.88 Å². The summed E-state index contributed by atoms with van der Waals surface area (Å²) in [4.78, 5) is 35.5. The summed E-state index contributed by atoms with van der Waals surface area (Å²) >= 11 is 0. The van der Waals surface area contributed by atoms with Crippen LogP contribution in [0, 0.1) is 6.92 Å². The summed E-state index contributed by atoms with van der Waals surface area (Å²) in [5, 5.41) is 9.24. The monoisotopic (exact) mass is 472 g/mol. The standard InChI is InChI=1S/C24H29FN4O5/c1-14-20(29-10-7-15-11-16(22(30)31)5-6-18(15)29)26-13-27-21(14)33-19-8-9-28(12-17(19)25)23(32)34-24(2,3)4/h5-6,11,13,17,19H,7-10,12H2,1-4H3,(H,30,31). The van der Waals surface area contributed by atoms with Crippen molar-refractivity contribution in [1.82, 2.24) is 14.9 Å². The lowest BCUT2D eigenvalue weighted by Crippen LogP contribution is -2.50. The molecule has 2 atom stereocenters. The van der Waals surface area contributed by atoms with Crippen molar-refractivity contribution in [1.29, 1.82) is 0 Å². The molecule has 2 aliphatic rings. The fraction of sp³-hybridized carbons (Fsp3) is 0.500. The summed E-state index contributed by atoms with van der Waals surface area (Å²) in [6.45, 7) is 7.98. The number of carboxylic acids is 1. The minimum absolute atomic E-state index is 0.109. The Hall–Kier alpha value is -3.43. The molecule has 1 aromatic heterocycles. The molecule has 1 fully saturated rings. The average molecular weight is 473 g/mol. The first-order chi connectivity index (χ1) is 16.0. The van der Waals surface area contributed by atoms with Gasteiger partial charge in [-0.2, -0.15) is 0 Å². The number of fused-ring (bicyclic) bond motifs is 1. The van der Waals surface area contributed by atoms with Crippen LogP contribution in [-0.4, -0.2) is 69.5 Å². The van der Waals surface area contributed by atoms with E-state index in [-0.39, 0.29) is 12.1 Å². The minimum Gasteiger partial charge on any atom is -0.478 e. The molecule has 0 saturated carbocycles. The maximum atomic E-state index is 14.9. The van der Waals surface area contributed by atoms with Crippen LogP contribution in [0.3, 0.4) is 0 Å². The van der Waals surface area contributed by atoms with Crippen LogP contribution >= 0.6 is 0 Å². The molecule has 1 aromatic carbocycles. The number of alkyl halides is 1. The maximum absolute atomic E-state index is 14.9. The van der Waals surface area contributed by atoms with Crippen LogP contribution in [0.2, 0.25) is 0 Å². The molecule has 34 heavy (non-hydrogen) atoms. The smallest absolute Gasteiger partial charge is 0.410 e. The van der Waals surface area contributed by atoms with E-state index in [1.165, 1.54) is 11.2 Å². The van der Waals surface area contributed by atoms with Crippen molar-refractivity contribution in [2.24, 2.45) is 0 Å². The lowest BCUT2D eigenvalue weighted by molar-refractivity contribution is -0.0116. The predicted octanol–water partition coefficient (Wildman–Crippen LogP) is 3.90. The number of aromatic carboxylic acids is 1. The Kier molecular flexibility index (Phi) is 6.33. The Labute approximate surface area is 197 Å². The Bertz CT molecular complexity index is 1100. The molecule has 1 amide bonds. The van der Waals surface area contributed by atoms with E-state index in [1.807, 2.05) is 11.8 Å². The van der Waals surface area contributed by atoms with E-state index < -0.39 is 29.9 Å². The molecule has 9 nitrogen and oxygen atoms in total. The second kappa shape index (κ2) is 9.08. The highest BCUT2D eigenvalue weighted by Crippen LogP contribution is 2.37. The number of anilines is 2. The number of hydrogen-bond donors (Lipinski definition) is 1. The van der Waals surface area contributed by atoms with Crippen molar-refractivity contribution in [3.63, 3.8) is 0 Å². The second-order valence-corrected chi connectivity index (χ2v) is 9.57. The topological polar surface area (TPSA) is 105 Å². The zero-order valence-electron chi connectivity index (χ0n) is 19.7. The first kappa shape index (κ1) is 23.7. The molecule has 2 aliphatic heterocycles. The Morgan fingerprint density at radius 1 is 1.21 bits per heavy atom. The van der Waals surface area contributed by atoms with E-state index in [9.17, 15) is 19.1 Å². The number of carboxylic acid groups (broad SMARTS) is 1. The maximum Gasteiger partial charge on any atom is 0.410 e. The zero-order chi connectivity index (χ0) is 24.6. The van der Waals surface area contributed by atoms with Gasteiger partial charge in [0.15, 0.2) is 6.17 Å². The van der Waals surface area contributed by atoms with Gasteiger partial charge in [-0.15, -0.1) is 0 Å². The highest BCUT2D eigenvalue weighted by Gasteiger charge is 2.36. The molecule has 10 heteroatoms. The molecule has 1 N–H and O–H groups in total. The van der Waals surface area contributed by atoms with Crippen LogP contribution < -0.4 is 9.64 Å². The van der Waals surface area contributed by atoms with Crippen molar-refractivity contribution in [3.8, 4) is 5.88 Å². The number of rotatable bonds is 4. The van der Waals surface area contributed by atoms with Gasteiger partial charge in [-0.3, -0.25) is 0 Å². The number of benzene rings is 1. The van der Waals surface area contributed by atoms with Gasteiger partial charge in [-0.1, -0.05) is 0 Å². The Balaban J connectivity index is 1.47. The summed E-state index contributed by atoms with van der Waals surface area (Å²) in [6.07, 6.45) is -0.294. The van der Waals surface area contributed by atoms with Gasteiger partial charge >= 0.3 is 12.1 Å². The molecular weight excluding hydrogens is 443 g/mol. The second-order valence-electron chi connectivity index (χ2n) is 9.57. The van der Waals surface area contributed by atoms with E-state index in [1.54, 1.807) is 39.0 Å². The number of aromatic nitrogens is 2. The van der Waals surface area contributed by atoms with Gasteiger partial charge < -0.3 is 24.4 Å². The number of carbonyl (C=O) groups is 2. The SMILES string of the molecule is Cc1c(OC2CCN(C(=O)OC(C)(C)C)CC2F)ncnc1N1CCc2cc(C(=O)O)ccc21. The highest BCUT2D eigenvalue weighted by atomic mass is 19.1. The molecule has 182 valence electrons. The average Bonchev–Trinajstić information content (AvgIpc) is 3.18. The summed E-state index contributed by atoms with van der Waals surface area (Å²) in [5.74, 6) is -0.0407. The van der Waals surface area contributed by atoms with Crippen molar-refractivity contribution < 1.29 is 28.6 Å². The van der Waals surface area contributed by atoms with E-state index in [0.29, 0.717) is 43.2 Å². The lowest BCUT2D eigenvalue weighted by Gasteiger charge is -2.35. The van der Waals surface area contributed by atoms with Gasteiger partial charge in [0.25, 0.3) is 0 Å². The lowest BCUT2D eigenvalue weighted by atomic mass is 10.1. The minimum atomic E-state index is -1.39. The number of ether oxygens (including phenoxy) is 2. The largest absolute Gasteiger partial charge is 0.478 e. The number of halogens is 1. The Morgan fingerprint density at radius 3 is 2.65 bits per heavy atom. The first-order valence-corrected chi connectivity index (χ1v) is 11.3. The van der Waals surface area contributed by atoms with E-state index in [0.717, 1.165) is 11.3 Å². The van der Waals surface area contributed by atoms with E-state index >= 15 is 0 Å². The molecule has 0 bridgehead atoms. The molecule has 0 spiro atoms. The van der Waals surface area contributed by atoms with Crippen LogP contribution in [0.1, 0.15) is 48.7 Å². The molecule has 0 radical (unpaired) electrons. The fourth-order valence-corrected chi connectivity index (χ4v) is 4.22. The van der Waals surface area contributed by atoms with Crippen LogP contribution in [0.15, 0.2) is 24.5 Å². The molecule has 3 heterocycles. The number of amides is 1. The zero-order valence-corrected chi connectivity index (χ0v) is 19.7. The van der Waals surface area contributed by atoms with Crippen LogP contribution in [-0.2, 0) is 11.2 Å². The number of nitrogens with zero attached hydrogens (tertiary/aromatic N) is 4. The molecule has 2 unspecified atom stereocenters. The third kappa shape index (κ3) is 4.90. The van der Waals surface area contributed by atoms with Gasteiger partial charge in [-0.05, 0) is 57.9 Å². The Morgan fingerprint density at radius 2 is 1.97 bits per heavy atom. The molecular formula is C24H29FN4O5. The van der Waals surface area contributed by atoms with Gasteiger partial charge in [-0.25, -0.2) is 23.9 Å². The van der Waals surface area contributed by atoms with Gasteiger partial charge in [0.2, 0.25) is 5.88 Å². The number of carbonyl (C=O) groups excluding carboxylic acids is 1. The predicted molar refractivity (Wildman–Crippen MR) is 123 cm³/mol. The molecule has 4 rings (SSSR count). The molecule has 0 aliphatic carbocycles. The van der Waals surface area contributed by atoms with Crippen LogP contribution in [0.4, 0.5) is 20.7 Å². The fourth-order valence-electron chi connectivity index (χ4n) is 4.22. The van der Waals surface area contributed by atoms with E-state index in [2.05, 4.69) is 9.97 Å². The number of hydrogen-bond acceptors (Lipinski definition) is 7. The quantitative estimate of drug-likeness (QED) is 0.714. The van der Waals surface area contributed by atoms with Gasteiger partial charge in [0.1, 0.15) is 23.9 Å². The summed E-state index contributed by atoms with van der Waals surface area (Å²) in [7, 11) is 0. The van der Waals surface area contributed by atoms with E-state index in [4.69, 9.17) is 9.47 Å². The normalized spacial score (nSPS) is 20.1. The third-order valence-electron chi connectivity index (χ3n) is 5.89. The highest BCUT2D eigenvalue weighted by molar-refractivity contribution is 5.89. The van der Waals surface area contributed by atoms with Crippen molar-refractivity contribution in [3.05, 3.63) is 41.2 Å². The van der Waals surface area contributed by atoms with Gasteiger partial charge in [0, 0.05) is 25.2 Å². The van der Waals surface area contributed by atoms with Crippen LogP contribution in [0.25, 0.3) is 0 Å². The molecule has 2 aromatic rings. The van der Waals surface area contributed by atoms with Gasteiger partial charge in [0.05, 0.1) is 17.7 Å². The summed E-state index contributed by atoms with van der Waals surface area (Å²) in [6, 6.07) is 5.02. The van der Waals surface area contributed by atoms with Crippen molar-refractivity contribution in [2.45, 2.75) is 58.4 Å². The third-order valence-corrected chi connectivity index (χ3v) is 5.89. The van der Waals surface area contributed by atoms with Crippen molar-refractivity contribution >= 4 is 23.6 Å². The summed E-state index contributed by atoms with van der Waals surface area (Å²) in [5.41, 5.74) is 2.08. The van der Waals surface area contributed by atoms with Crippen molar-refractivity contribution in [2.75, 3.05) is 24.5 Å². The molecule has 1 saturated heterocycles. The number of piperidine rings is 1. The summed E-state index contributed by atoms with van der Waals surface area (Å²) < 4.78 is 26.2. The number of likely N-dealkylation sites (tertiary alicyclic amines) is 1. The first-order valence-electron chi connectivity index (χ1n) is 11.3.